The zero-order valence-electron chi connectivity index (χ0n) is 8.80. The van der Waals surface area contributed by atoms with E-state index in [2.05, 4.69) is 4.98 Å². The molecule has 2 unspecified atom stereocenters. The van der Waals surface area contributed by atoms with Crippen molar-refractivity contribution in [3.8, 4) is 5.75 Å². The summed E-state index contributed by atoms with van der Waals surface area (Å²) in [6, 6.07) is 3.73. The molecule has 0 radical (unpaired) electrons. The number of aliphatic hydroxyl groups is 1. The molecule has 1 aromatic rings. The first-order valence-corrected chi connectivity index (χ1v) is 5.61. The van der Waals surface area contributed by atoms with Crippen LogP contribution in [-0.4, -0.2) is 22.3 Å². The van der Waals surface area contributed by atoms with E-state index >= 15 is 0 Å². The second-order valence-corrected chi connectivity index (χ2v) is 4.05. The molecule has 1 aliphatic carbocycles. The zero-order valence-corrected chi connectivity index (χ0v) is 8.80. The standard InChI is InChI=1S/C12H17NO2/c14-11-6-2-1-3-7-12(11)15-10-5-4-8-13-9-10/h4-5,8-9,11-12,14H,1-3,6-7H2. The van der Waals surface area contributed by atoms with E-state index in [1.165, 1.54) is 6.42 Å². The molecule has 1 saturated carbocycles. The van der Waals surface area contributed by atoms with E-state index in [0.717, 1.165) is 31.4 Å². The van der Waals surface area contributed by atoms with Crippen molar-refractivity contribution >= 4 is 0 Å². The lowest BCUT2D eigenvalue weighted by Crippen LogP contribution is -2.30. The molecule has 82 valence electrons. The van der Waals surface area contributed by atoms with Gasteiger partial charge in [-0.1, -0.05) is 12.8 Å². The summed E-state index contributed by atoms with van der Waals surface area (Å²) in [4.78, 5) is 3.99. The number of aliphatic hydroxyl groups excluding tert-OH is 1. The third-order valence-corrected chi connectivity index (χ3v) is 2.84. The van der Waals surface area contributed by atoms with Crippen molar-refractivity contribution in [2.45, 2.75) is 44.3 Å². The van der Waals surface area contributed by atoms with Gasteiger partial charge in [-0.15, -0.1) is 0 Å². The molecule has 1 heterocycles. The Kier molecular flexibility index (Phi) is 3.56. The van der Waals surface area contributed by atoms with Gasteiger partial charge in [0.2, 0.25) is 0 Å². The maximum Gasteiger partial charge on any atom is 0.138 e. The van der Waals surface area contributed by atoms with E-state index in [4.69, 9.17) is 4.74 Å². The van der Waals surface area contributed by atoms with Gasteiger partial charge in [-0.05, 0) is 31.4 Å². The molecule has 0 amide bonds. The SMILES string of the molecule is OC1CCCCCC1Oc1cccnc1. The molecule has 0 aromatic carbocycles. The fourth-order valence-electron chi connectivity index (χ4n) is 1.98. The van der Waals surface area contributed by atoms with E-state index in [0.29, 0.717) is 0 Å². The minimum Gasteiger partial charge on any atom is -0.486 e. The Balaban J connectivity index is 1.97. The highest BCUT2D eigenvalue weighted by Crippen LogP contribution is 2.22. The third kappa shape index (κ3) is 2.93. The van der Waals surface area contributed by atoms with E-state index in [1.807, 2.05) is 12.1 Å². The van der Waals surface area contributed by atoms with Crippen LogP contribution in [0.5, 0.6) is 5.75 Å². The largest absolute Gasteiger partial charge is 0.486 e. The van der Waals surface area contributed by atoms with Crippen LogP contribution < -0.4 is 4.74 Å². The number of aromatic nitrogens is 1. The van der Waals surface area contributed by atoms with Crippen molar-refractivity contribution in [3.63, 3.8) is 0 Å². The number of rotatable bonds is 2. The first kappa shape index (κ1) is 10.4. The van der Waals surface area contributed by atoms with Crippen LogP contribution in [0.25, 0.3) is 0 Å². The Hall–Kier alpha value is -1.09. The summed E-state index contributed by atoms with van der Waals surface area (Å²) in [5, 5.41) is 9.86. The predicted octanol–water partition coefficient (Wildman–Crippen LogP) is 2.15. The minimum atomic E-state index is -0.326. The Morgan fingerprint density at radius 3 is 2.93 bits per heavy atom. The highest BCUT2D eigenvalue weighted by Gasteiger charge is 2.22. The second-order valence-electron chi connectivity index (χ2n) is 4.05. The molecule has 0 bridgehead atoms. The molecule has 1 aliphatic rings. The van der Waals surface area contributed by atoms with Crippen molar-refractivity contribution in [2.75, 3.05) is 0 Å². The van der Waals surface area contributed by atoms with Crippen molar-refractivity contribution < 1.29 is 9.84 Å². The molecular weight excluding hydrogens is 190 g/mol. The van der Waals surface area contributed by atoms with Crippen molar-refractivity contribution in [3.05, 3.63) is 24.5 Å². The molecule has 15 heavy (non-hydrogen) atoms. The summed E-state index contributed by atoms with van der Waals surface area (Å²) in [6.07, 6.45) is 8.26. The van der Waals surface area contributed by atoms with Crippen molar-refractivity contribution in [2.24, 2.45) is 0 Å². The topological polar surface area (TPSA) is 42.4 Å². The van der Waals surface area contributed by atoms with Gasteiger partial charge in [-0.2, -0.15) is 0 Å². The zero-order chi connectivity index (χ0) is 10.5. The normalized spacial score (nSPS) is 27.0. The highest BCUT2D eigenvalue weighted by atomic mass is 16.5. The molecule has 0 spiro atoms. The average Bonchev–Trinajstić information content (AvgIpc) is 2.46. The molecule has 3 nitrogen and oxygen atoms in total. The number of hydrogen-bond donors (Lipinski definition) is 1. The van der Waals surface area contributed by atoms with Crippen LogP contribution in [0, 0.1) is 0 Å². The first-order chi connectivity index (χ1) is 7.36. The third-order valence-electron chi connectivity index (χ3n) is 2.84. The van der Waals surface area contributed by atoms with Gasteiger partial charge in [0.1, 0.15) is 11.9 Å². The summed E-state index contributed by atoms with van der Waals surface area (Å²) >= 11 is 0. The molecule has 2 atom stereocenters. The average molecular weight is 207 g/mol. The Bertz CT molecular complexity index is 289. The lowest BCUT2D eigenvalue weighted by Gasteiger charge is -2.21. The molecule has 1 N–H and O–H groups in total. The monoisotopic (exact) mass is 207 g/mol. The van der Waals surface area contributed by atoms with Crippen LogP contribution in [0.3, 0.4) is 0 Å². The molecule has 1 aromatic heterocycles. The number of ether oxygens (including phenoxy) is 1. The Labute approximate surface area is 90.1 Å². The van der Waals surface area contributed by atoms with Crippen LogP contribution in [0.15, 0.2) is 24.5 Å². The molecule has 1 fully saturated rings. The molecular formula is C12H17NO2. The first-order valence-electron chi connectivity index (χ1n) is 5.61. The van der Waals surface area contributed by atoms with E-state index < -0.39 is 0 Å². The molecule has 0 aliphatic heterocycles. The second kappa shape index (κ2) is 5.12. The number of hydrogen-bond acceptors (Lipinski definition) is 3. The van der Waals surface area contributed by atoms with Gasteiger partial charge >= 0.3 is 0 Å². The van der Waals surface area contributed by atoms with Gasteiger partial charge in [0.25, 0.3) is 0 Å². The Morgan fingerprint density at radius 2 is 2.13 bits per heavy atom. The van der Waals surface area contributed by atoms with E-state index in [-0.39, 0.29) is 12.2 Å². The van der Waals surface area contributed by atoms with Crippen LogP contribution in [-0.2, 0) is 0 Å². The summed E-state index contributed by atoms with van der Waals surface area (Å²) in [5.74, 6) is 0.753. The smallest absolute Gasteiger partial charge is 0.138 e. The van der Waals surface area contributed by atoms with Gasteiger partial charge in [-0.3, -0.25) is 4.98 Å². The maximum atomic E-state index is 9.86. The van der Waals surface area contributed by atoms with E-state index in [9.17, 15) is 5.11 Å². The molecule has 3 heteroatoms. The summed E-state index contributed by atoms with van der Waals surface area (Å²) < 4.78 is 5.74. The lowest BCUT2D eigenvalue weighted by molar-refractivity contribution is 0.0318. The number of nitrogens with zero attached hydrogens (tertiary/aromatic N) is 1. The minimum absolute atomic E-state index is 0.0586. The summed E-state index contributed by atoms with van der Waals surface area (Å²) in [7, 11) is 0. The summed E-state index contributed by atoms with van der Waals surface area (Å²) in [5.41, 5.74) is 0. The van der Waals surface area contributed by atoms with Gasteiger partial charge in [0, 0.05) is 6.20 Å². The van der Waals surface area contributed by atoms with Gasteiger partial charge in [0.05, 0.1) is 12.3 Å². The fourth-order valence-corrected chi connectivity index (χ4v) is 1.98. The van der Waals surface area contributed by atoms with Gasteiger partial charge in [0.15, 0.2) is 0 Å². The van der Waals surface area contributed by atoms with Crippen molar-refractivity contribution in [1.29, 1.82) is 0 Å². The lowest BCUT2D eigenvalue weighted by atomic mass is 10.1. The van der Waals surface area contributed by atoms with Gasteiger partial charge < -0.3 is 9.84 Å². The van der Waals surface area contributed by atoms with Crippen LogP contribution in [0.2, 0.25) is 0 Å². The van der Waals surface area contributed by atoms with Crippen LogP contribution in [0.1, 0.15) is 32.1 Å². The van der Waals surface area contributed by atoms with Crippen molar-refractivity contribution in [1.82, 2.24) is 4.98 Å². The number of pyridine rings is 1. The van der Waals surface area contributed by atoms with Crippen LogP contribution >= 0.6 is 0 Å². The van der Waals surface area contributed by atoms with Gasteiger partial charge in [-0.25, -0.2) is 0 Å². The molecule has 2 rings (SSSR count). The van der Waals surface area contributed by atoms with E-state index in [1.54, 1.807) is 12.4 Å². The predicted molar refractivity (Wildman–Crippen MR) is 57.7 cm³/mol. The fraction of sp³-hybridized carbons (Fsp3) is 0.583. The highest BCUT2D eigenvalue weighted by molar-refractivity contribution is 5.16. The quantitative estimate of drug-likeness (QED) is 0.756. The Morgan fingerprint density at radius 1 is 1.27 bits per heavy atom. The molecule has 0 saturated heterocycles. The maximum absolute atomic E-state index is 9.86. The summed E-state index contributed by atoms with van der Waals surface area (Å²) in [6.45, 7) is 0. The van der Waals surface area contributed by atoms with Crippen LogP contribution in [0.4, 0.5) is 0 Å².